The minimum Gasteiger partial charge on any atom is -0.480 e. The van der Waals surface area contributed by atoms with Crippen LogP contribution < -0.4 is 11.1 Å². The second kappa shape index (κ2) is 8.34. The molecule has 0 saturated carbocycles. The highest BCUT2D eigenvalue weighted by atomic mass is 16.4. The van der Waals surface area contributed by atoms with E-state index in [9.17, 15) is 15.0 Å². The van der Waals surface area contributed by atoms with Gasteiger partial charge in [0.1, 0.15) is 12.1 Å². The zero-order valence-corrected chi connectivity index (χ0v) is 9.36. The van der Waals surface area contributed by atoms with Gasteiger partial charge in [0, 0.05) is 19.5 Å². The fourth-order valence-corrected chi connectivity index (χ4v) is 1.13. The molecular formula is C9H20N2O6. The monoisotopic (exact) mass is 252 g/mol. The van der Waals surface area contributed by atoms with E-state index in [0.717, 1.165) is 0 Å². The van der Waals surface area contributed by atoms with Crippen LogP contribution in [0.3, 0.4) is 0 Å². The zero-order chi connectivity index (χ0) is 13.4. The maximum Gasteiger partial charge on any atom is 0.321 e. The summed E-state index contributed by atoms with van der Waals surface area (Å²) in [5.41, 5.74) is 5.21. The number of hydrogen-bond acceptors (Lipinski definition) is 7. The van der Waals surface area contributed by atoms with E-state index in [1.165, 1.54) is 0 Å². The van der Waals surface area contributed by atoms with Crippen LogP contribution in [-0.2, 0) is 4.79 Å². The van der Waals surface area contributed by atoms with Crippen LogP contribution in [0.1, 0.15) is 6.42 Å². The summed E-state index contributed by atoms with van der Waals surface area (Å²) < 4.78 is 0. The average Bonchev–Trinajstić information content (AvgIpc) is 2.27. The molecule has 0 aliphatic rings. The molecule has 17 heavy (non-hydrogen) atoms. The molecule has 0 amide bonds. The molecule has 4 unspecified atom stereocenters. The first-order valence-electron chi connectivity index (χ1n) is 5.22. The fourth-order valence-electron chi connectivity index (χ4n) is 1.13. The van der Waals surface area contributed by atoms with E-state index in [4.69, 9.17) is 21.1 Å². The number of carboxylic acids is 1. The number of rotatable bonds is 9. The van der Waals surface area contributed by atoms with Gasteiger partial charge in [0.05, 0.1) is 18.8 Å². The number of aliphatic hydroxyl groups is 4. The predicted octanol–water partition coefficient (Wildman–Crippen LogP) is -3.55. The average molecular weight is 252 g/mol. The molecule has 0 aliphatic heterocycles. The van der Waals surface area contributed by atoms with Crippen LogP contribution in [0.25, 0.3) is 0 Å². The Bertz CT molecular complexity index is 228. The molecule has 0 aromatic heterocycles. The highest BCUT2D eigenvalue weighted by molar-refractivity contribution is 5.73. The van der Waals surface area contributed by atoms with Crippen molar-refractivity contribution < 1.29 is 30.3 Å². The molecule has 0 aromatic rings. The first kappa shape index (κ1) is 16.2. The van der Waals surface area contributed by atoms with E-state index in [1.54, 1.807) is 0 Å². The van der Waals surface area contributed by atoms with Crippen LogP contribution >= 0.6 is 0 Å². The minimum absolute atomic E-state index is 0.00889. The third-order valence-corrected chi connectivity index (χ3v) is 2.21. The van der Waals surface area contributed by atoms with Crippen molar-refractivity contribution in [2.45, 2.75) is 30.8 Å². The summed E-state index contributed by atoms with van der Waals surface area (Å²) in [6, 6.07) is -1.06. The van der Waals surface area contributed by atoms with Crippen LogP contribution in [0.2, 0.25) is 0 Å². The molecule has 0 rings (SSSR count). The van der Waals surface area contributed by atoms with Gasteiger partial charge in [-0.3, -0.25) is 4.79 Å². The molecule has 0 heterocycles. The smallest absolute Gasteiger partial charge is 0.321 e. The number of nitrogens with one attached hydrogen (secondary N) is 1. The maximum atomic E-state index is 10.4. The topological polar surface area (TPSA) is 156 Å². The zero-order valence-electron chi connectivity index (χ0n) is 9.36. The molecule has 8 N–H and O–H groups in total. The van der Waals surface area contributed by atoms with Gasteiger partial charge < -0.3 is 36.6 Å². The van der Waals surface area contributed by atoms with E-state index in [1.807, 2.05) is 0 Å². The second-order valence-corrected chi connectivity index (χ2v) is 3.81. The predicted molar refractivity (Wildman–Crippen MR) is 58.2 cm³/mol. The Hall–Kier alpha value is -0.770. The molecular weight excluding hydrogens is 232 g/mol. The summed E-state index contributed by atoms with van der Waals surface area (Å²) in [7, 11) is 0. The number of aliphatic hydroxyl groups excluding tert-OH is 4. The van der Waals surface area contributed by atoms with E-state index in [0.29, 0.717) is 0 Å². The number of hydrogen-bond donors (Lipinski definition) is 7. The van der Waals surface area contributed by atoms with Crippen molar-refractivity contribution in [3.8, 4) is 0 Å². The van der Waals surface area contributed by atoms with Crippen molar-refractivity contribution in [1.82, 2.24) is 5.32 Å². The molecule has 0 saturated heterocycles. The lowest BCUT2D eigenvalue weighted by molar-refractivity contribution is -0.138. The summed E-state index contributed by atoms with van der Waals surface area (Å²) in [6.07, 6.45) is -3.63. The molecule has 102 valence electrons. The van der Waals surface area contributed by atoms with Crippen molar-refractivity contribution in [3.63, 3.8) is 0 Å². The molecule has 8 nitrogen and oxygen atoms in total. The molecule has 0 spiro atoms. The summed E-state index contributed by atoms with van der Waals surface area (Å²) in [4.78, 5) is 10.4. The van der Waals surface area contributed by atoms with Crippen LogP contribution in [-0.4, -0.2) is 75.6 Å². The van der Waals surface area contributed by atoms with Gasteiger partial charge in [0.15, 0.2) is 0 Å². The Morgan fingerprint density at radius 3 is 2.24 bits per heavy atom. The molecule has 0 aromatic carbocycles. The van der Waals surface area contributed by atoms with Crippen LogP contribution in [0.5, 0.6) is 0 Å². The molecule has 0 aliphatic carbocycles. The summed E-state index contributed by atoms with van der Waals surface area (Å²) in [5.74, 6) is -1.15. The minimum atomic E-state index is -1.30. The van der Waals surface area contributed by atoms with Crippen molar-refractivity contribution in [2.75, 3.05) is 19.7 Å². The van der Waals surface area contributed by atoms with E-state index >= 15 is 0 Å². The van der Waals surface area contributed by atoms with E-state index in [-0.39, 0.29) is 19.5 Å². The summed E-state index contributed by atoms with van der Waals surface area (Å²) in [5, 5.41) is 47.3. The second-order valence-electron chi connectivity index (χ2n) is 3.81. The highest BCUT2D eigenvalue weighted by Crippen LogP contribution is 2.02. The van der Waals surface area contributed by atoms with Crippen LogP contribution in [0, 0.1) is 0 Å². The van der Waals surface area contributed by atoms with Crippen LogP contribution in [0.4, 0.5) is 0 Å². The fraction of sp³-hybridized carbons (Fsp3) is 0.889. The standard InChI is InChI=1S/C9H20N2O6/c10-6(9(16)17)3-11-2-5(13)1-7(14)8(15)4-12/h5-8,11-15H,1-4,10H2,(H,16,17). The Kier molecular flexibility index (Phi) is 7.96. The van der Waals surface area contributed by atoms with Gasteiger partial charge >= 0.3 is 5.97 Å². The maximum absolute atomic E-state index is 10.4. The first-order chi connectivity index (χ1) is 7.88. The van der Waals surface area contributed by atoms with Crippen molar-refractivity contribution in [2.24, 2.45) is 5.73 Å². The number of carboxylic acid groups (broad SMARTS) is 1. The molecule has 4 atom stereocenters. The molecule has 0 radical (unpaired) electrons. The molecule has 8 heteroatoms. The van der Waals surface area contributed by atoms with Gasteiger partial charge in [-0.15, -0.1) is 0 Å². The number of carbonyl (C=O) groups is 1. The lowest BCUT2D eigenvalue weighted by Crippen LogP contribution is -2.43. The van der Waals surface area contributed by atoms with Gasteiger partial charge in [0.2, 0.25) is 0 Å². The van der Waals surface area contributed by atoms with Crippen molar-refractivity contribution in [3.05, 3.63) is 0 Å². The molecule has 0 fully saturated rings. The number of nitrogens with two attached hydrogens (primary N) is 1. The van der Waals surface area contributed by atoms with Gasteiger partial charge in [-0.05, 0) is 0 Å². The summed E-state index contributed by atoms with van der Waals surface area (Å²) in [6.45, 7) is -0.563. The Morgan fingerprint density at radius 1 is 1.18 bits per heavy atom. The van der Waals surface area contributed by atoms with Crippen molar-refractivity contribution in [1.29, 1.82) is 0 Å². The highest BCUT2D eigenvalue weighted by Gasteiger charge is 2.19. The Labute approximate surface area is 98.7 Å². The van der Waals surface area contributed by atoms with E-state index in [2.05, 4.69) is 5.32 Å². The SMILES string of the molecule is NC(CNCC(O)CC(O)C(O)CO)C(=O)O. The van der Waals surface area contributed by atoms with Gasteiger partial charge in [-0.2, -0.15) is 0 Å². The normalized spacial score (nSPS) is 18.4. The number of aliphatic carboxylic acids is 1. The quantitative estimate of drug-likeness (QED) is 0.222. The lowest BCUT2D eigenvalue weighted by Gasteiger charge is -2.19. The lowest BCUT2D eigenvalue weighted by atomic mass is 10.1. The summed E-state index contributed by atoms with van der Waals surface area (Å²) >= 11 is 0. The molecule has 0 bridgehead atoms. The first-order valence-corrected chi connectivity index (χ1v) is 5.22. The largest absolute Gasteiger partial charge is 0.480 e. The Balaban J connectivity index is 3.72. The van der Waals surface area contributed by atoms with Crippen LogP contribution in [0.15, 0.2) is 0 Å². The van der Waals surface area contributed by atoms with Gasteiger partial charge in [-0.25, -0.2) is 0 Å². The van der Waals surface area contributed by atoms with Gasteiger partial charge in [-0.1, -0.05) is 0 Å². The van der Waals surface area contributed by atoms with Gasteiger partial charge in [0.25, 0.3) is 0 Å². The van der Waals surface area contributed by atoms with E-state index < -0.39 is 36.9 Å². The van der Waals surface area contributed by atoms with Crippen molar-refractivity contribution >= 4 is 5.97 Å². The Morgan fingerprint density at radius 2 is 1.76 bits per heavy atom. The third-order valence-electron chi connectivity index (χ3n) is 2.21. The third kappa shape index (κ3) is 7.21.